The molecule has 0 aliphatic heterocycles. The van der Waals surface area contributed by atoms with Crippen molar-refractivity contribution in [3.05, 3.63) is 33.0 Å². The molecule has 2 rings (SSSR count). The van der Waals surface area contributed by atoms with Gasteiger partial charge in [0.2, 0.25) is 0 Å². The van der Waals surface area contributed by atoms with Gasteiger partial charge in [-0.15, -0.1) is 0 Å². The molecule has 0 fully saturated rings. The largest absolute Gasteiger partial charge is 0.382 e. The Morgan fingerprint density at radius 2 is 1.79 bits per heavy atom. The van der Waals surface area contributed by atoms with Crippen LogP contribution in [0.25, 0.3) is 11.3 Å². The van der Waals surface area contributed by atoms with Crippen LogP contribution in [0.3, 0.4) is 0 Å². The fourth-order valence-electron chi connectivity index (χ4n) is 1.83. The molecular formula is C13H16Br2N4. The van der Waals surface area contributed by atoms with Crippen LogP contribution in [0.4, 0.5) is 5.82 Å². The molecule has 0 aliphatic carbocycles. The highest BCUT2D eigenvalue weighted by atomic mass is 79.9. The van der Waals surface area contributed by atoms with Gasteiger partial charge in [0.25, 0.3) is 0 Å². The third-order valence-electron chi connectivity index (χ3n) is 2.81. The van der Waals surface area contributed by atoms with E-state index in [1.54, 1.807) is 0 Å². The van der Waals surface area contributed by atoms with Gasteiger partial charge >= 0.3 is 0 Å². The van der Waals surface area contributed by atoms with E-state index < -0.39 is 0 Å². The van der Waals surface area contributed by atoms with Crippen molar-refractivity contribution in [3.8, 4) is 11.3 Å². The Balaban J connectivity index is 2.60. The summed E-state index contributed by atoms with van der Waals surface area (Å²) in [6.45, 7) is 6.16. The molecule has 2 aromatic rings. The minimum Gasteiger partial charge on any atom is -0.382 e. The summed E-state index contributed by atoms with van der Waals surface area (Å²) in [5, 5.41) is 0. The fourth-order valence-corrected chi connectivity index (χ4v) is 2.46. The van der Waals surface area contributed by atoms with Gasteiger partial charge < -0.3 is 11.6 Å². The number of benzene rings is 1. The van der Waals surface area contributed by atoms with E-state index in [0.717, 1.165) is 20.3 Å². The number of imidazole rings is 1. The molecule has 1 heterocycles. The second-order valence-electron chi connectivity index (χ2n) is 5.42. The van der Waals surface area contributed by atoms with Crippen molar-refractivity contribution in [2.24, 2.45) is 0 Å². The Kier molecular flexibility index (Phi) is 3.66. The lowest BCUT2D eigenvalue weighted by molar-refractivity contribution is 0.532. The Morgan fingerprint density at radius 1 is 1.16 bits per heavy atom. The number of rotatable bonds is 1. The van der Waals surface area contributed by atoms with Crippen LogP contribution in [0.15, 0.2) is 27.1 Å². The highest BCUT2D eigenvalue weighted by Crippen LogP contribution is 2.33. The number of hydrogen-bond acceptors (Lipinski definition) is 3. The molecule has 4 nitrogen and oxygen atoms in total. The molecule has 0 bridgehead atoms. The van der Waals surface area contributed by atoms with Crippen LogP contribution in [0.1, 0.15) is 26.6 Å². The normalized spacial score (nSPS) is 11.8. The highest BCUT2D eigenvalue weighted by Gasteiger charge is 2.24. The van der Waals surface area contributed by atoms with E-state index in [0.29, 0.717) is 11.5 Å². The second kappa shape index (κ2) is 4.83. The minimum atomic E-state index is -0.159. The van der Waals surface area contributed by atoms with Crippen molar-refractivity contribution in [3.63, 3.8) is 0 Å². The SMILES string of the molecule is CC(C)(C)c1nc(-c2ccc(Br)c(Br)c2)c(N)n1N. The van der Waals surface area contributed by atoms with Crippen LogP contribution < -0.4 is 11.6 Å². The molecule has 6 heteroatoms. The molecule has 0 saturated carbocycles. The molecule has 102 valence electrons. The Morgan fingerprint density at radius 3 is 2.26 bits per heavy atom. The van der Waals surface area contributed by atoms with Gasteiger partial charge in [-0.1, -0.05) is 26.8 Å². The van der Waals surface area contributed by atoms with Crippen molar-refractivity contribution in [1.82, 2.24) is 9.66 Å². The van der Waals surface area contributed by atoms with E-state index in [1.165, 1.54) is 4.68 Å². The lowest BCUT2D eigenvalue weighted by Crippen LogP contribution is -2.24. The van der Waals surface area contributed by atoms with E-state index in [9.17, 15) is 0 Å². The smallest absolute Gasteiger partial charge is 0.150 e. The monoisotopic (exact) mass is 386 g/mol. The van der Waals surface area contributed by atoms with E-state index in [4.69, 9.17) is 11.6 Å². The molecule has 4 N–H and O–H groups in total. The third kappa shape index (κ3) is 2.65. The maximum absolute atomic E-state index is 6.07. The molecule has 0 aliphatic rings. The number of anilines is 1. The Labute approximate surface area is 129 Å². The van der Waals surface area contributed by atoms with Gasteiger partial charge in [-0.3, -0.25) is 0 Å². The number of halogens is 2. The molecule has 0 unspecified atom stereocenters. The van der Waals surface area contributed by atoms with Gasteiger partial charge in [-0.05, 0) is 44.0 Å². The predicted octanol–water partition coefficient (Wildman–Crippen LogP) is 3.67. The third-order valence-corrected chi connectivity index (χ3v) is 4.69. The van der Waals surface area contributed by atoms with Crippen LogP contribution in [0.5, 0.6) is 0 Å². The summed E-state index contributed by atoms with van der Waals surface area (Å²) in [7, 11) is 0. The second-order valence-corrected chi connectivity index (χ2v) is 7.13. The molecule has 19 heavy (non-hydrogen) atoms. The summed E-state index contributed by atoms with van der Waals surface area (Å²) < 4.78 is 3.40. The van der Waals surface area contributed by atoms with Gasteiger partial charge in [-0.25, -0.2) is 9.66 Å². The van der Waals surface area contributed by atoms with Crippen molar-refractivity contribution in [2.45, 2.75) is 26.2 Å². The number of nitrogen functional groups attached to an aromatic ring is 2. The summed E-state index contributed by atoms with van der Waals surface area (Å²) in [6, 6.07) is 5.88. The van der Waals surface area contributed by atoms with Crippen LogP contribution in [0.2, 0.25) is 0 Å². The molecule has 0 spiro atoms. The summed E-state index contributed by atoms with van der Waals surface area (Å²) in [5.41, 5.74) is 7.55. The van der Waals surface area contributed by atoms with Gasteiger partial charge in [0.05, 0.1) is 0 Å². The first-order valence-electron chi connectivity index (χ1n) is 5.81. The zero-order chi connectivity index (χ0) is 14.4. The van der Waals surface area contributed by atoms with Crippen molar-refractivity contribution in [1.29, 1.82) is 0 Å². The molecule has 1 aromatic heterocycles. The first-order valence-corrected chi connectivity index (χ1v) is 7.39. The molecule has 0 saturated heterocycles. The van der Waals surface area contributed by atoms with Crippen molar-refractivity contribution >= 4 is 37.7 Å². The average Bonchev–Trinajstić information content (AvgIpc) is 2.60. The van der Waals surface area contributed by atoms with E-state index in [-0.39, 0.29) is 5.41 Å². The summed E-state index contributed by atoms with van der Waals surface area (Å²) in [5.74, 6) is 7.24. The van der Waals surface area contributed by atoms with Gasteiger partial charge in [0, 0.05) is 19.9 Å². The maximum atomic E-state index is 6.07. The number of hydrogen-bond donors (Lipinski definition) is 2. The van der Waals surface area contributed by atoms with Crippen LogP contribution in [0, 0.1) is 0 Å². The molecule has 0 atom stereocenters. The topological polar surface area (TPSA) is 69.9 Å². The van der Waals surface area contributed by atoms with Gasteiger partial charge in [0.1, 0.15) is 11.5 Å². The van der Waals surface area contributed by atoms with Crippen molar-refractivity contribution < 1.29 is 0 Å². The average molecular weight is 388 g/mol. The Hall–Kier alpha value is -1.01. The van der Waals surface area contributed by atoms with Crippen LogP contribution in [-0.4, -0.2) is 9.66 Å². The summed E-state index contributed by atoms with van der Waals surface area (Å²) in [4.78, 5) is 4.60. The zero-order valence-corrected chi connectivity index (χ0v) is 14.2. The first-order chi connectivity index (χ1) is 8.71. The van der Waals surface area contributed by atoms with E-state index in [2.05, 4.69) is 57.6 Å². The van der Waals surface area contributed by atoms with Crippen LogP contribution in [-0.2, 0) is 5.41 Å². The lowest BCUT2D eigenvalue weighted by Gasteiger charge is -2.17. The summed E-state index contributed by atoms with van der Waals surface area (Å²) >= 11 is 6.92. The predicted molar refractivity (Wildman–Crippen MR) is 86.3 cm³/mol. The lowest BCUT2D eigenvalue weighted by atomic mass is 9.96. The molecular weight excluding hydrogens is 372 g/mol. The van der Waals surface area contributed by atoms with Crippen molar-refractivity contribution in [2.75, 3.05) is 11.6 Å². The maximum Gasteiger partial charge on any atom is 0.150 e. The number of aromatic nitrogens is 2. The number of nitrogens with two attached hydrogens (primary N) is 2. The van der Waals surface area contributed by atoms with E-state index in [1.807, 2.05) is 18.2 Å². The zero-order valence-electron chi connectivity index (χ0n) is 11.0. The van der Waals surface area contributed by atoms with Gasteiger partial charge in [-0.2, -0.15) is 0 Å². The Bertz CT molecular complexity index is 626. The molecule has 1 aromatic carbocycles. The minimum absolute atomic E-state index is 0.159. The first kappa shape index (κ1) is 14.4. The molecule has 0 amide bonds. The summed E-state index contributed by atoms with van der Waals surface area (Å²) in [6.07, 6.45) is 0. The number of nitrogens with zero attached hydrogens (tertiary/aromatic N) is 2. The highest BCUT2D eigenvalue weighted by molar-refractivity contribution is 9.13. The molecule has 0 radical (unpaired) electrons. The van der Waals surface area contributed by atoms with Gasteiger partial charge in [0.15, 0.2) is 5.82 Å². The van der Waals surface area contributed by atoms with E-state index >= 15 is 0 Å². The quantitative estimate of drug-likeness (QED) is 0.733. The van der Waals surface area contributed by atoms with Crippen LogP contribution >= 0.6 is 31.9 Å². The standard InChI is InChI=1S/C13H16Br2N4/c1-13(2,3)12-18-10(11(16)19(12)17)7-4-5-8(14)9(15)6-7/h4-6H,16-17H2,1-3H3. The fraction of sp³-hybridized carbons (Fsp3) is 0.308.